The van der Waals surface area contributed by atoms with Gasteiger partial charge in [-0.25, -0.2) is 9.59 Å². The Morgan fingerprint density at radius 3 is 1.55 bits per heavy atom. The Hall–Kier alpha value is -0.452. The van der Waals surface area contributed by atoms with Crippen LogP contribution in [-0.4, -0.2) is 68.1 Å². The summed E-state index contributed by atoms with van der Waals surface area (Å²) >= 11 is 0. The molecule has 0 aromatic rings. The van der Waals surface area contributed by atoms with Crippen LogP contribution in [0.4, 0.5) is 0 Å². The molecule has 0 fully saturated rings. The van der Waals surface area contributed by atoms with Gasteiger partial charge in [0, 0.05) is 11.6 Å². The molecule has 1 unspecified atom stereocenters. The van der Waals surface area contributed by atoms with Gasteiger partial charge in [-0.3, -0.25) is 0 Å². The van der Waals surface area contributed by atoms with Crippen LogP contribution in [0.3, 0.4) is 0 Å². The van der Waals surface area contributed by atoms with Crippen LogP contribution < -0.4 is 0 Å². The van der Waals surface area contributed by atoms with Crippen LogP contribution in [-0.2, 0) is 26.7 Å². The minimum atomic E-state index is -3.14. The minimum Gasteiger partial charge on any atom is -0.417 e. The van der Waals surface area contributed by atoms with Crippen molar-refractivity contribution in [3.05, 3.63) is 12.2 Å². The van der Waals surface area contributed by atoms with Crippen molar-refractivity contribution < 1.29 is 36.9 Å². The van der Waals surface area contributed by atoms with Gasteiger partial charge in [0.05, 0.1) is 6.61 Å². The van der Waals surface area contributed by atoms with Gasteiger partial charge in [0.15, 0.2) is 30.6 Å². The lowest BCUT2D eigenvalue weighted by Gasteiger charge is -2.43. The van der Waals surface area contributed by atoms with Crippen molar-refractivity contribution >= 4 is 45.7 Å². The summed E-state index contributed by atoms with van der Waals surface area (Å²) in [7, 11) is -9.30. The Bertz CT molecular complexity index is 608. The first-order valence-corrected chi connectivity index (χ1v) is 22.7. The normalized spacial score (nSPS) is 15.4. The standard InChI is InChI=1S/C19H42O8Si4/c1-16(2)17(21)24-18(22)19(23,15-20)13-12-14-31(25-28(3,4)5,26-29(6,7)8)27-30(9,10)11/h20,23H,1,12-15H2,2-11H3. The van der Waals surface area contributed by atoms with E-state index in [1.165, 1.54) is 6.92 Å². The predicted octanol–water partition coefficient (Wildman–Crippen LogP) is 3.63. The average Bonchev–Trinajstić information content (AvgIpc) is 2.48. The lowest BCUT2D eigenvalue weighted by atomic mass is 9.99. The minimum absolute atomic E-state index is 0.0238. The fourth-order valence-corrected chi connectivity index (χ4v) is 17.4. The van der Waals surface area contributed by atoms with Crippen molar-refractivity contribution in [1.82, 2.24) is 0 Å². The van der Waals surface area contributed by atoms with Gasteiger partial charge in [0.2, 0.25) is 0 Å². The monoisotopic (exact) mass is 510 g/mol. The topological polar surface area (TPSA) is 112 Å². The number of carbonyl (C=O) groups is 2. The van der Waals surface area contributed by atoms with Gasteiger partial charge in [0.25, 0.3) is 0 Å². The van der Waals surface area contributed by atoms with Crippen molar-refractivity contribution in [2.24, 2.45) is 0 Å². The summed E-state index contributed by atoms with van der Waals surface area (Å²) in [4.78, 5) is 23.9. The van der Waals surface area contributed by atoms with Crippen LogP contribution in [0.15, 0.2) is 12.2 Å². The van der Waals surface area contributed by atoms with E-state index in [1.54, 1.807) is 0 Å². The van der Waals surface area contributed by atoms with E-state index in [0.29, 0.717) is 12.5 Å². The van der Waals surface area contributed by atoms with Gasteiger partial charge >= 0.3 is 20.7 Å². The molecule has 0 aliphatic heterocycles. The van der Waals surface area contributed by atoms with E-state index >= 15 is 0 Å². The number of aliphatic hydroxyl groups excluding tert-OH is 1. The van der Waals surface area contributed by atoms with E-state index in [1.807, 2.05) is 0 Å². The quantitative estimate of drug-likeness (QED) is 0.167. The zero-order valence-electron chi connectivity index (χ0n) is 20.9. The molecule has 0 aromatic carbocycles. The highest BCUT2D eigenvalue weighted by atomic mass is 28.5. The molecule has 0 amide bonds. The molecule has 0 aliphatic carbocycles. The summed E-state index contributed by atoms with van der Waals surface area (Å²) in [5, 5.41) is 20.3. The third-order valence-corrected chi connectivity index (χ3v) is 15.7. The van der Waals surface area contributed by atoms with Crippen LogP contribution in [0.25, 0.3) is 0 Å². The summed E-state index contributed by atoms with van der Waals surface area (Å²) in [6, 6.07) is 0.385. The van der Waals surface area contributed by atoms with Crippen LogP contribution in [0, 0.1) is 0 Å². The molecule has 0 saturated heterocycles. The predicted molar refractivity (Wildman–Crippen MR) is 131 cm³/mol. The Kier molecular flexibility index (Phi) is 11.0. The van der Waals surface area contributed by atoms with Crippen molar-refractivity contribution in [2.45, 2.75) is 90.3 Å². The average molecular weight is 511 g/mol. The first-order valence-electron chi connectivity index (χ1n) is 10.5. The molecule has 0 saturated carbocycles. The summed E-state index contributed by atoms with van der Waals surface area (Å²) < 4.78 is 24.3. The van der Waals surface area contributed by atoms with Gasteiger partial charge in [-0.05, 0) is 78.7 Å². The first kappa shape index (κ1) is 30.5. The molecule has 0 aromatic heterocycles. The van der Waals surface area contributed by atoms with E-state index in [4.69, 9.17) is 12.3 Å². The molecule has 0 spiro atoms. The molecule has 0 bridgehead atoms. The smallest absolute Gasteiger partial charge is 0.417 e. The van der Waals surface area contributed by atoms with Crippen LogP contribution in [0.1, 0.15) is 19.8 Å². The summed E-state index contributed by atoms with van der Waals surface area (Å²) in [5.41, 5.74) is -2.18. The molecule has 0 heterocycles. The second-order valence-electron chi connectivity index (χ2n) is 10.8. The molecule has 8 nitrogen and oxygen atoms in total. The molecule has 1 atom stereocenters. The number of esters is 2. The molecular weight excluding hydrogens is 469 g/mol. The maximum atomic E-state index is 12.3. The van der Waals surface area contributed by atoms with Crippen molar-refractivity contribution in [1.29, 1.82) is 0 Å². The van der Waals surface area contributed by atoms with Gasteiger partial charge < -0.3 is 27.3 Å². The maximum Gasteiger partial charge on any atom is 0.469 e. The van der Waals surface area contributed by atoms with Crippen LogP contribution in [0.5, 0.6) is 0 Å². The zero-order chi connectivity index (χ0) is 24.9. The molecule has 0 radical (unpaired) electrons. The largest absolute Gasteiger partial charge is 0.469 e. The molecule has 31 heavy (non-hydrogen) atoms. The number of ether oxygens (including phenoxy) is 1. The second kappa shape index (κ2) is 11.1. The Labute approximate surface area is 191 Å². The van der Waals surface area contributed by atoms with Crippen LogP contribution in [0.2, 0.25) is 65.0 Å². The van der Waals surface area contributed by atoms with Gasteiger partial charge in [0.1, 0.15) is 0 Å². The number of hydrogen-bond donors (Lipinski definition) is 2. The fraction of sp³-hybridized carbons (Fsp3) is 0.789. The molecular formula is C19H42O8Si4. The van der Waals surface area contributed by atoms with E-state index in [0.717, 1.165) is 0 Å². The van der Waals surface area contributed by atoms with Crippen molar-refractivity contribution in [2.75, 3.05) is 6.61 Å². The van der Waals surface area contributed by atoms with Crippen molar-refractivity contribution in [3.63, 3.8) is 0 Å². The highest BCUT2D eigenvalue weighted by molar-refractivity contribution is 6.90. The maximum absolute atomic E-state index is 12.3. The van der Waals surface area contributed by atoms with Gasteiger partial charge in [-0.2, -0.15) is 0 Å². The van der Waals surface area contributed by atoms with Crippen LogP contribution >= 0.6 is 0 Å². The Morgan fingerprint density at radius 1 is 0.871 bits per heavy atom. The molecule has 2 N–H and O–H groups in total. The highest BCUT2D eigenvalue weighted by Crippen LogP contribution is 2.31. The van der Waals surface area contributed by atoms with E-state index in [-0.39, 0.29) is 12.0 Å². The zero-order valence-corrected chi connectivity index (χ0v) is 24.9. The number of carbonyl (C=O) groups excluding carboxylic acids is 2. The van der Waals surface area contributed by atoms with Crippen molar-refractivity contribution in [3.8, 4) is 0 Å². The third kappa shape index (κ3) is 12.4. The third-order valence-electron chi connectivity index (χ3n) is 3.63. The van der Waals surface area contributed by atoms with Gasteiger partial charge in [-0.15, -0.1) is 0 Å². The number of hydrogen-bond acceptors (Lipinski definition) is 8. The van der Waals surface area contributed by atoms with Gasteiger partial charge in [-0.1, -0.05) is 6.58 Å². The Morgan fingerprint density at radius 2 is 1.26 bits per heavy atom. The lowest BCUT2D eigenvalue weighted by Crippen LogP contribution is -2.60. The summed E-state index contributed by atoms with van der Waals surface area (Å²) in [6.07, 6.45) is 0.165. The lowest BCUT2D eigenvalue weighted by molar-refractivity contribution is -0.176. The number of aliphatic hydroxyl groups is 2. The molecule has 0 rings (SSSR count). The fourth-order valence-electron chi connectivity index (χ4n) is 2.72. The molecule has 182 valence electrons. The summed E-state index contributed by atoms with van der Waals surface area (Å²) in [5.74, 6) is -2.13. The molecule has 12 heteroatoms. The van der Waals surface area contributed by atoms with E-state index in [2.05, 4.69) is 70.2 Å². The summed E-state index contributed by atoms with van der Waals surface area (Å²) in [6.45, 7) is 22.6. The van der Waals surface area contributed by atoms with E-state index < -0.39 is 57.9 Å². The second-order valence-corrected chi connectivity index (χ2v) is 27.8. The highest BCUT2D eigenvalue weighted by Gasteiger charge is 2.50. The van der Waals surface area contributed by atoms with E-state index in [9.17, 15) is 19.8 Å². The SMILES string of the molecule is C=C(C)C(=O)OC(=O)C(O)(CO)CCC[Si](O[Si](C)(C)C)(O[Si](C)(C)C)O[Si](C)(C)C. The number of rotatable bonds is 13. The molecule has 0 aliphatic rings. The Balaban J connectivity index is 5.70. The first-order chi connectivity index (χ1) is 13.6.